The third-order valence-electron chi connectivity index (χ3n) is 4.35. The molecule has 1 aliphatic rings. The smallest absolute Gasteiger partial charge is 0.131 e. The lowest BCUT2D eigenvalue weighted by Gasteiger charge is -2.15. The average Bonchev–Trinajstić information content (AvgIpc) is 3.45. The summed E-state index contributed by atoms with van der Waals surface area (Å²) in [5, 5.41) is 2.16. The minimum absolute atomic E-state index is 0.326. The van der Waals surface area contributed by atoms with E-state index in [0.717, 1.165) is 40.9 Å². The Morgan fingerprint density at radius 2 is 1.79 bits per heavy atom. The summed E-state index contributed by atoms with van der Waals surface area (Å²) in [6, 6.07) is 20.6. The molecule has 0 amide bonds. The van der Waals surface area contributed by atoms with Gasteiger partial charge in [-0.15, -0.1) is 0 Å². The first-order valence-corrected chi connectivity index (χ1v) is 8.22. The van der Waals surface area contributed by atoms with Crippen LogP contribution in [0.1, 0.15) is 11.1 Å². The zero-order valence-corrected chi connectivity index (χ0v) is 13.7. The third kappa shape index (κ3) is 3.08. The molecule has 0 aromatic heterocycles. The zero-order valence-electron chi connectivity index (χ0n) is 13.7. The Hall–Kier alpha value is -2.52. The summed E-state index contributed by atoms with van der Waals surface area (Å²) in [6.45, 7) is 1.39. The number of benzene rings is 3. The quantitative estimate of drug-likeness (QED) is 0.632. The number of rotatable bonds is 6. The van der Waals surface area contributed by atoms with E-state index in [-0.39, 0.29) is 0 Å². The molecule has 0 N–H and O–H groups in total. The SMILES string of the molecule is COc1cccc2c(OCc3ccccc3)c(CC3CO3)ccc12. The first-order valence-electron chi connectivity index (χ1n) is 8.22. The van der Waals surface area contributed by atoms with Crippen molar-refractivity contribution in [2.24, 2.45) is 0 Å². The zero-order chi connectivity index (χ0) is 16.4. The van der Waals surface area contributed by atoms with Crippen LogP contribution < -0.4 is 9.47 Å². The van der Waals surface area contributed by atoms with Gasteiger partial charge in [0, 0.05) is 17.2 Å². The lowest BCUT2D eigenvalue weighted by Crippen LogP contribution is -2.02. The molecule has 0 spiro atoms. The molecule has 3 heteroatoms. The van der Waals surface area contributed by atoms with Crippen molar-refractivity contribution in [3.8, 4) is 11.5 Å². The van der Waals surface area contributed by atoms with E-state index in [9.17, 15) is 0 Å². The van der Waals surface area contributed by atoms with E-state index >= 15 is 0 Å². The van der Waals surface area contributed by atoms with Crippen molar-refractivity contribution in [3.63, 3.8) is 0 Å². The molecular formula is C21H20O3. The van der Waals surface area contributed by atoms with E-state index in [1.807, 2.05) is 30.3 Å². The fourth-order valence-electron chi connectivity index (χ4n) is 3.02. The Kier molecular flexibility index (Phi) is 4.09. The van der Waals surface area contributed by atoms with Gasteiger partial charge in [-0.05, 0) is 17.2 Å². The van der Waals surface area contributed by atoms with Gasteiger partial charge in [0.05, 0.1) is 19.8 Å². The van der Waals surface area contributed by atoms with E-state index in [1.54, 1.807) is 7.11 Å². The molecule has 1 fully saturated rings. The van der Waals surface area contributed by atoms with Crippen LogP contribution in [0.4, 0.5) is 0 Å². The minimum Gasteiger partial charge on any atom is -0.496 e. The molecule has 0 radical (unpaired) electrons. The summed E-state index contributed by atoms with van der Waals surface area (Å²) < 4.78 is 17.2. The Balaban J connectivity index is 1.73. The highest BCUT2D eigenvalue weighted by atomic mass is 16.6. The highest BCUT2D eigenvalue weighted by molar-refractivity contribution is 5.94. The van der Waals surface area contributed by atoms with Gasteiger partial charge in [0.2, 0.25) is 0 Å². The molecule has 0 aliphatic carbocycles. The highest BCUT2D eigenvalue weighted by Gasteiger charge is 2.25. The third-order valence-corrected chi connectivity index (χ3v) is 4.35. The Morgan fingerprint density at radius 1 is 0.958 bits per heavy atom. The molecule has 0 bridgehead atoms. The maximum Gasteiger partial charge on any atom is 0.131 e. The first kappa shape index (κ1) is 15.0. The second-order valence-electron chi connectivity index (χ2n) is 6.04. The maximum absolute atomic E-state index is 6.25. The van der Waals surface area contributed by atoms with Crippen molar-refractivity contribution < 1.29 is 14.2 Å². The Morgan fingerprint density at radius 3 is 2.54 bits per heavy atom. The molecular weight excluding hydrogens is 300 g/mol. The molecule has 4 rings (SSSR count). The van der Waals surface area contributed by atoms with Gasteiger partial charge >= 0.3 is 0 Å². The topological polar surface area (TPSA) is 31.0 Å². The normalized spacial score (nSPS) is 16.1. The van der Waals surface area contributed by atoms with Gasteiger partial charge in [-0.3, -0.25) is 0 Å². The number of fused-ring (bicyclic) bond motifs is 1. The van der Waals surface area contributed by atoms with Crippen LogP contribution in [-0.2, 0) is 17.8 Å². The monoisotopic (exact) mass is 320 g/mol. The Labute approximate surface area is 141 Å². The van der Waals surface area contributed by atoms with Crippen LogP contribution in [0.25, 0.3) is 10.8 Å². The van der Waals surface area contributed by atoms with E-state index in [0.29, 0.717) is 12.7 Å². The molecule has 1 atom stereocenters. The fourth-order valence-corrected chi connectivity index (χ4v) is 3.02. The van der Waals surface area contributed by atoms with Crippen molar-refractivity contribution in [3.05, 3.63) is 71.8 Å². The van der Waals surface area contributed by atoms with Crippen molar-refractivity contribution >= 4 is 10.8 Å². The van der Waals surface area contributed by atoms with Gasteiger partial charge in [0.15, 0.2) is 0 Å². The lowest BCUT2D eigenvalue weighted by atomic mass is 10.0. The molecule has 3 aromatic rings. The largest absolute Gasteiger partial charge is 0.496 e. The summed E-state index contributed by atoms with van der Waals surface area (Å²) >= 11 is 0. The average molecular weight is 320 g/mol. The second-order valence-corrected chi connectivity index (χ2v) is 6.04. The summed E-state index contributed by atoms with van der Waals surface area (Å²) in [7, 11) is 1.70. The number of hydrogen-bond acceptors (Lipinski definition) is 3. The number of epoxide rings is 1. The van der Waals surface area contributed by atoms with Gasteiger partial charge in [0.1, 0.15) is 18.1 Å². The molecule has 0 saturated carbocycles. The summed E-state index contributed by atoms with van der Waals surface area (Å²) in [5.41, 5.74) is 2.35. The van der Waals surface area contributed by atoms with Gasteiger partial charge in [0.25, 0.3) is 0 Å². The van der Waals surface area contributed by atoms with Crippen LogP contribution in [0.15, 0.2) is 60.7 Å². The van der Waals surface area contributed by atoms with Crippen molar-refractivity contribution in [2.45, 2.75) is 19.1 Å². The Bertz CT molecular complexity index is 838. The minimum atomic E-state index is 0.326. The van der Waals surface area contributed by atoms with E-state index in [4.69, 9.17) is 14.2 Å². The van der Waals surface area contributed by atoms with Crippen molar-refractivity contribution in [1.82, 2.24) is 0 Å². The summed E-state index contributed by atoms with van der Waals surface area (Å²) in [4.78, 5) is 0. The second kappa shape index (κ2) is 6.54. The van der Waals surface area contributed by atoms with Crippen LogP contribution >= 0.6 is 0 Å². The maximum atomic E-state index is 6.25. The van der Waals surface area contributed by atoms with E-state index in [1.165, 1.54) is 5.56 Å². The van der Waals surface area contributed by atoms with E-state index < -0.39 is 0 Å². The molecule has 1 unspecified atom stereocenters. The summed E-state index contributed by atoms with van der Waals surface area (Å²) in [5.74, 6) is 1.80. The standard InChI is InChI=1S/C21H20O3/c1-22-20-9-5-8-19-18(20)11-10-16(12-17-14-23-17)21(19)24-13-15-6-3-2-4-7-15/h2-11,17H,12-14H2,1H3. The molecule has 1 saturated heterocycles. The summed E-state index contributed by atoms with van der Waals surface area (Å²) in [6.07, 6.45) is 1.21. The van der Waals surface area contributed by atoms with Crippen LogP contribution in [0.3, 0.4) is 0 Å². The fraction of sp³-hybridized carbons (Fsp3) is 0.238. The number of methoxy groups -OCH3 is 1. The first-order chi connectivity index (χ1) is 11.8. The van der Waals surface area contributed by atoms with Crippen molar-refractivity contribution in [2.75, 3.05) is 13.7 Å². The molecule has 3 aromatic carbocycles. The van der Waals surface area contributed by atoms with Gasteiger partial charge in [-0.25, -0.2) is 0 Å². The number of hydrogen-bond donors (Lipinski definition) is 0. The van der Waals surface area contributed by atoms with Gasteiger partial charge in [-0.2, -0.15) is 0 Å². The molecule has 24 heavy (non-hydrogen) atoms. The van der Waals surface area contributed by atoms with Crippen LogP contribution in [0.2, 0.25) is 0 Å². The van der Waals surface area contributed by atoms with Crippen LogP contribution in [0, 0.1) is 0 Å². The molecule has 3 nitrogen and oxygen atoms in total. The lowest BCUT2D eigenvalue weighted by molar-refractivity contribution is 0.305. The highest BCUT2D eigenvalue weighted by Crippen LogP contribution is 2.37. The van der Waals surface area contributed by atoms with E-state index in [2.05, 4.69) is 30.3 Å². The molecule has 1 heterocycles. The van der Waals surface area contributed by atoms with Crippen LogP contribution in [-0.4, -0.2) is 19.8 Å². The molecule has 1 aliphatic heterocycles. The van der Waals surface area contributed by atoms with Crippen molar-refractivity contribution in [1.29, 1.82) is 0 Å². The predicted octanol–water partition coefficient (Wildman–Crippen LogP) is 4.37. The number of ether oxygens (including phenoxy) is 3. The van der Waals surface area contributed by atoms with Crippen LogP contribution in [0.5, 0.6) is 11.5 Å². The molecule has 122 valence electrons. The predicted molar refractivity (Wildman–Crippen MR) is 94.7 cm³/mol. The van der Waals surface area contributed by atoms with Gasteiger partial charge < -0.3 is 14.2 Å². The van der Waals surface area contributed by atoms with Gasteiger partial charge in [-0.1, -0.05) is 54.6 Å².